The van der Waals surface area contributed by atoms with Gasteiger partial charge >= 0.3 is 0 Å². The summed E-state index contributed by atoms with van der Waals surface area (Å²) in [4.78, 5) is 28.8. The average Bonchev–Trinajstić information content (AvgIpc) is 2.97. The van der Waals surface area contributed by atoms with E-state index in [-0.39, 0.29) is 11.5 Å². The first-order chi connectivity index (χ1) is 13.4. The highest BCUT2D eigenvalue weighted by Crippen LogP contribution is 2.30. The van der Waals surface area contributed by atoms with E-state index in [1.54, 1.807) is 10.8 Å². The van der Waals surface area contributed by atoms with E-state index in [1.165, 1.54) is 6.42 Å². The number of aromatic nitrogens is 2. The van der Waals surface area contributed by atoms with Gasteiger partial charge in [-0.1, -0.05) is 39.0 Å². The molecule has 1 saturated heterocycles. The van der Waals surface area contributed by atoms with Crippen molar-refractivity contribution >= 4 is 27.7 Å². The van der Waals surface area contributed by atoms with Gasteiger partial charge in [0.05, 0.1) is 5.56 Å². The summed E-state index contributed by atoms with van der Waals surface area (Å²) in [6.45, 7) is 8.56. The molecular formula is C23H29N3O2. The van der Waals surface area contributed by atoms with E-state index >= 15 is 0 Å². The van der Waals surface area contributed by atoms with Gasteiger partial charge in [0.15, 0.2) is 0 Å². The minimum atomic E-state index is -0.0223. The third-order valence-electron chi connectivity index (χ3n) is 5.86. The molecule has 5 nitrogen and oxygen atoms in total. The topological polar surface area (TPSA) is 47.2 Å². The number of aryl methyl sites for hydroxylation is 1. The Bertz CT molecular complexity index is 1110. The summed E-state index contributed by atoms with van der Waals surface area (Å²) in [5, 5.41) is 1.77. The molecule has 0 bridgehead atoms. The van der Waals surface area contributed by atoms with E-state index in [1.807, 2.05) is 40.8 Å². The summed E-state index contributed by atoms with van der Waals surface area (Å²) in [7, 11) is 1.92. The van der Waals surface area contributed by atoms with E-state index in [4.69, 9.17) is 0 Å². The number of piperidine rings is 1. The summed E-state index contributed by atoms with van der Waals surface area (Å²) < 4.78 is 3.67. The molecule has 0 aliphatic carbocycles. The Labute approximate surface area is 165 Å². The number of rotatable bonds is 3. The molecular weight excluding hydrogens is 350 g/mol. The first-order valence-electron chi connectivity index (χ1n) is 10.3. The van der Waals surface area contributed by atoms with Crippen molar-refractivity contribution in [2.45, 2.75) is 40.2 Å². The van der Waals surface area contributed by atoms with Crippen LogP contribution in [0.2, 0.25) is 0 Å². The Kier molecular flexibility index (Phi) is 4.77. The van der Waals surface area contributed by atoms with Crippen molar-refractivity contribution in [1.29, 1.82) is 0 Å². The lowest BCUT2D eigenvalue weighted by Gasteiger charge is -2.31. The van der Waals surface area contributed by atoms with E-state index in [0.29, 0.717) is 29.5 Å². The SMILES string of the molecule is CC(C)Cn1cc(C(=O)N2CCCC(C)C2)c2c3ccccc3n(C)c2c1=O. The summed E-state index contributed by atoms with van der Waals surface area (Å²) >= 11 is 0. The average molecular weight is 380 g/mol. The predicted octanol–water partition coefficient (Wildman–Crippen LogP) is 4.02. The molecule has 0 radical (unpaired) electrons. The number of likely N-dealkylation sites (tertiary alicyclic amines) is 1. The van der Waals surface area contributed by atoms with Gasteiger partial charge in [-0.3, -0.25) is 9.59 Å². The van der Waals surface area contributed by atoms with Crippen LogP contribution in [-0.2, 0) is 13.6 Å². The number of carbonyl (C=O) groups is 1. The molecule has 1 atom stereocenters. The number of nitrogens with zero attached hydrogens (tertiary/aromatic N) is 3. The Morgan fingerprint density at radius 2 is 2.00 bits per heavy atom. The van der Waals surface area contributed by atoms with Gasteiger partial charge in [0.1, 0.15) is 5.52 Å². The number of amides is 1. The highest BCUT2D eigenvalue weighted by atomic mass is 16.2. The zero-order valence-electron chi connectivity index (χ0n) is 17.2. The van der Waals surface area contributed by atoms with E-state index in [0.717, 1.165) is 35.8 Å². The van der Waals surface area contributed by atoms with Gasteiger partial charge in [-0.2, -0.15) is 0 Å². The van der Waals surface area contributed by atoms with E-state index in [2.05, 4.69) is 20.8 Å². The molecule has 2 aromatic heterocycles. The smallest absolute Gasteiger partial charge is 0.275 e. The molecule has 1 unspecified atom stereocenters. The van der Waals surface area contributed by atoms with Crippen LogP contribution in [0.4, 0.5) is 0 Å². The number of hydrogen-bond acceptors (Lipinski definition) is 2. The third kappa shape index (κ3) is 3.03. The Balaban J connectivity index is 2.00. The molecule has 3 heterocycles. The van der Waals surface area contributed by atoms with Crippen LogP contribution in [0.3, 0.4) is 0 Å². The Hall–Kier alpha value is -2.56. The van der Waals surface area contributed by atoms with Crippen molar-refractivity contribution in [2.75, 3.05) is 13.1 Å². The van der Waals surface area contributed by atoms with Crippen molar-refractivity contribution in [1.82, 2.24) is 14.0 Å². The maximum Gasteiger partial charge on any atom is 0.275 e. The second-order valence-corrected chi connectivity index (χ2v) is 8.69. The minimum Gasteiger partial charge on any atom is -0.339 e. The molecule has 3 aromatic rings. The molecule has 1 aliphatic heterocycles. The predicted molar refractivity (Wildman–Crippen MR) is 114 cm³/mol. The van der Waals surface area contributed by atoms with Gasteiger partial charge in [-0.25, -0.2) is 0 Å². The fraction of sp³-hybridized carbons (Fsp3) is 0.478. The second-order valence-electron chi connectivity index (χ2n) is 8.69. The summed E-state index contributed by atoms with van der Waals surface area (Å²) in [5.74, 6) is 0.885. The van der Waals surface area contributed by atoms with Crippen LogP contribution in [0.25, 0.3) is 21.8 Å². The molecule has 28 heavy (non-hydrogen) atoms. The standard InChI is InChI=1S/C23H29N3O2/c1-15(2)12-26-14-18(22(27)25-11-7-8-16(3)13-25)20-17-9-5-6-10-19(17)24(4)21(20)23(26)28/h5-6,9-10,14-16H,7-8,11-13H2,1-4H3. The number of hydrogen-bond donors (Lipinski definition) is 0. The molecule has 5 heteroatoms. The van der Waals surface area contributed by atoms with Crippen molar-refractivity contribution < 1.29 is 4.79 Å². The van der Waals surface area contributed by atoms with Crippen LogP contribution in [-0.4, -0.2) is 33.0 Å². The van der Waals surface area contributed by atoms with Crippen LogP contribution >= 0.6 is 0 Å². The monoisotopic (exact) mass is 379 g/mol. The lowest BCUT2D eigenvalue weighted by molar-refractivity contribution is 0.0684. The molecule has 1 fully saturated rings. The molecule has 4 rings (SSSR count). The number of para-hydroxylation sites is 1. The first kappa shape index (κ1) is 18.8. The molecule has 0 spiro atoms. The highest BCUT2D eigenvalue weighted by Gasteiger charge is 2.27. The number of fused-ring (bicyclic) bond motifs is 3. The van der Waals surface area contributed by atoms with Gasteiger partial charge < -0.3 is 14.0 Å². The molecule has 1 aliphatic rings. The van der Waals surface area contributed by atoms with Gasteiger partial charge in [-0.15, -0.1) is 0 Å². The molecule has 1 aromatic carbocycles. The van der Waals surface area contributed by atoms with Crippen molar-refractivity contribution in [3.8, 4) is 0 Å². The van der Waals surface area contributed by atoms with Crippen LogP contribution in [0.15, 0.2) is 35.3 Å². The number of carbonyl (C=O) groups excluding carboxylic acids is 1. The maximum atomic E-state index is 13.6. The van der Waals surface area contributed by atoms with Crippen LogP contribution < -0.4 is 5.56 Å². The zero-order valence-corrected chi connectivity index (χ0v) is 17.2. The molecule has 148 valence electrons. The summed E-state index contributed by atoms with van der Waals surface area (Å²) in [6.07, 6.45) is 4.01. The summed E-state index contributed by atoms with van der Waals surface area (Å²) in [6, 6.07) is 7.97. The molecule has 0 N–H and O–H groups in total. The van der Waals surface area contributed by atoms with Crippen LogP contribution in [0.5, 0.6) is 0 Å². The van der Waals surface area contributed by atoms with Crippen molar-refractivity contribution in [3.05, 3.63) is 46.4 Å². The number of pyridine rings is 1. The molecule has 0 saturated carbocycles. The fourth-order valence-electron chi connectivity index (χ4n) is 4.57. The Morgan fingerprint density at radius 3 is 2.71 bits per heavy atom. The van der Waals surface area contributed by atoms with Gasteiger partial charge in [0.2, 0.25) is 0 Å². The lowest BCUT2D eigenvalue weighted by atomic mass is 9.99. The third-order valence-corrected chi connectivity index (χ3v) is 5.86. The van der Waals surface area contributed by atoms with Gasteiger partial charge in [0, 0.05) is 49.2 Å². The van der Waals surface area contributed by atoms with Crippen LogP contribution in [0.1, 0.15) is 44.0 Å². The van der Waals surface area contributed by atoms with Gasteiger partial charge in [-0.05, 0) is 30.7 Å². The quantitative estimate of drug-likeness (QED) is 0.690. The largest absolute Gasteiger partial charge is 0.339 e. The zero-order chi connectivity index (χ0) is 20.0. The van der Waals surface area contributed by atoms with E-state index < -0.39 is 0 Å². The van der Waals surface area contributed by atoms with Gasteiger partial charge in [0.25, 0.3) is 11.5 Å². The Morgan fingerprint density at radius 1 is 1.25 bits per heavy atom. The first-order valence-corrected chi connectivity index (χ1v) is 10.3. The maximum absolute atomic E-state index is 13.6. The second kappa shape index (κ2) is 7.12. The fourth-order valence-corrected chi connectivity index (χ4v) is 4.57. The number of benzene rings is 1. The normalized spacial score (nSPS) is 17.8. The van der Waals surface area contributed by atoms with E-state index in [9.17, 15) is 9.59 Å². The van der Waals surface area contributed by atoms with Crippen LogP contribution in [0, 0.1) is 11.8 Å². The molecule has 1 amide bonds. The highest BCUT2D eigenvalue weighted by molar-refractivity contribution is 6.17. The summed E-state index contributed by atoms with van der Waals surface area (Å²) in [5.41, 5.74) is 2.24. The minimum absolute atomic E-state index is 0.0223. The lowest BCUT2D eigenvalue weighted by Crippen LogP contribution is -2.39. The van der Waals surface area contributed by atoms with Crippen molar-refractivity contribution in [3.63, 3.8) is 0 Å². The van der Waals surface area contributed by atoms with Crippen molar-refractivity contribution in [2.24, 2.45) is 18.9 Å².